The molecule has 0 saturated carbocycles. The monoisotopic (exact) mass is 291 g/mol. The zero-order valence-corrected chi connectivity index (χ0v) is 12.7. The van der Waals surface area contributed by atoms with Crippen molar-refractivity contribution in [1.82, 2.24) is 14.9 Å². The minimum absolute atomic E-state index is 0.235. The highest BCUT2D eigenvalue weighted by molar-refractivity contribution is 5.79. The fraction of sp³-hybridized carbons (Fsp3) is 0.533. The van der Waals surface area contributed by atoms with Crippen LogP contribution in [0.3, 0.4) is 0 Å². The second-order valence-corrected chi connectivity index (χ2v) is 5.17. The van der Waals surface area contributed by atoms with Gasteiger partial charge in [0.25, 0.3) is 0 Å². The highest BCUT2D eigenvalue weighted by atomic mass is 16.5. The summed E-state index contributed by atoms with van der Waals surface area (Å²) in [5, 5.41) is 0. The molecule has 2 heterocycles. The molecule has 114 valence electrons. The Morgan fingerprint density at radius 1 is 1.19 bits per heavy atom. The van der Waals surface area contributed by atoms with E-state index in [-0.39, 0.29) is 6.04 Å². The van der Waals surface area contributed by atoms with Crippen molar-refractivity contribution in [3.63, 3.8) is 0 Å². The van der Waals surface area contributed by atoms with Gasteiger partial charge in [0.05, 0.1) is 44.5 Å². The van der Waals surface area contributed by atoms with Gasteiger partial charge in [-0.3, -0.25) is 4.90 Å². The molecular weight excluding hydrogens is 270 g/mol. The minimum atomic E-state index is 0.235. The maximum Gasteiger partial charge on any atom is 0.163 e. The van der Waals surface area contributed by atoms with E-state index < -0.39 is 0 Å². The van der Waals surface area contributed by atoms with E-state index >= 15 is 0 Å². The Labute approximate surface area is 124 Å². The number of fused-ring (bicyclic) bond motifs is 1. The molecule has 3 rings (SSSR count). The highest BCUT2D eigenvalue weighted by Crippen LogP contribution is 2.32. The summed E-state index contributed by atoms with van der Waals surface area (Å²) in [6.07, 6.45) is 0. The molecule has 6 nitrogen and oxygen atoms in total. The van der Waals surface area contributed by atoms with Gasteiger partial charge in [0.1, 0.15) is 5.82 Å². The van der Waals surface area contributed by atoms with E-state index in [1.807, 2.05) is 12.1 Å². The van der Waals surface area contributed by atoms with Crippen LogP contribution in [0.15, 0.2) is 12.1 Å². The summed E-state index contributed by atoms with van der Waals surface area (Å²) < 4.78 is 16.1. The lowest BCUT2D eigenvalue weighted by atomic mass is 10.2. The van der Waals surface area contributed by atoms with Gasteiger partial charge >= 0.3 is 0 Å². The van der Waals surface area contributed by atoms with Gasteiger partial charge in [0, 0.05) is 25.2 Å². The van der Waals surface area contributed by atoms with E-state index in [9.17, 15) is 0 Å². The first-order valence-corrected chi connectivity index (χ1v) is 7.16. The molecule has 1 N–H and O–H groups in total. The number of rotatable bonds is 4. The molecule has 1 fully saturated rings. The van der Waals surface area contributed by atoms with Crippen LogP contribution in [-0.2, 0) is 4.74 Å². The van der Waals surface area contributed by atoms with Gasteiger partial charge in [-0.1, -0.05) is 0 Å². The van der Waals surface area contributed by atoms with Gasteiger partial charge in [0.2, 0.25) is 0 Å². The lowest BCUT2D eigenvalue weighted by Crippen LogP contribution is -2.38. The fourth-order valence-electron chi connectivity index (χ4n) is 2.69. The van der Waals surface area contributed by atoms with Gasteiger partial charge in [-0.2, -0.15) is 0 Å². The summed E-state index contributed by atoms with van der Waals surface area (Å²) in [5.41, 5.74) is 1.85. The normalized spacial score (nSPS) is 17.9. The SMILES string of the molecule is COc1cc2nc(C(C)N3CCOCC3)[nH]c2cc1OC. The summed E-state index contributed by atoms with van der Waals surface area (Å²) in [4.78, 5) is 10.5. The molecule has 2 aromatic rings. The Morgan fingerprint density at radius 2 is 1.86 bits per heavy atom. The molecule has 1 atom stereocenters. The summed E-state index contributed by atoms with van der Waals surface area (Å²) >= 11 is 0. The number of nitrogens with zero attached hydrogens (tertiary/aromatic N) is 2. The number of aromatic amines is 1. The van der Waals surface area contributed by atoms with Crippen molar-refractivity contribution in [2.75, 3.05) is 40.5 Å². The van der Waals surface area contributed by atoms with Crippen LogP contribution >= 0.6 is 0 Å². The van der Waals surface area contributed by atoms with Crippen LogP contribution in [0.5, 0.6) is 11.5 Å². The van der Waals surface area contributed by atoms with E-state index in [0.717, 1.165) is 43.2 Å². The number of imidazole rings is 1. The third-order valence-electron chi connectivity index (χ3n) is 3.99. The van der Waals surface area contributed by atoms with Crippen molar-refractivity contribution in [2.45, 2.75) is 13.0 Å². The smallest absolute Gasteiger partial charge is 0.163 e. The molecule has 1 aliphatic heterocycles. The molecule has 1 aromatic heterocycles. The molecular formula is C15H21N3O3. The average Bonchev–Trinajstić information content (AvgIpc) is 2.96. The number of methoxy groups -OCH3 is 2. The van der Waals surface area contributed by atoms with Crippen LogP contribution in [0.25, 0.3) is 11.0 Å². The minimum Gasteiger partial charge on any atom is -0.493 e. The van der Waals surface area contributed by atoms with Crippen molar-refractivity contribution in [3.05, 3.63) is 18.0 Å². The Balaban J connectivity index is 1.92. The number of morpholine rings is 1. The quantitative estimate of drug-likeness (QED) is 0.933. The summed E-state index contributed by atoms with van der Waals surface area (Å²) in [6, 6.07) is 4.06. The standard InChI is InChI=1S/C15H21N3O3/c1-10(18-4-6-21-7-5-18)15-16-11-8-13(19-2)14(20-3)9-12(11)17-15/h8-10H,4-7H2,1-3H3,(H,16,17). The predicted octanol–water partition coefficient (Wildman–Crippen LogP) is 1.97. The van der Waals surface area contributed by atoms with E-state index in [2.05, 4.69) is 16.8 Å². The maximum atomic E-state index is 5.40. The molecule has 1 saturated heterocycles. The number of hydrogen-bond acceptors (Lipinski definition) is 5. The van der Waals surface area contributed by atoms with Crippen molar-refractivity contribution in [3.8, 4) is 11.5 Å². The van der Waals surface area contributed by atoms with Crippen LogP contribution in [0.4, 0.5) is 0 Å². The molecule has 1 aliphatic rings. The summed E-state index contributed by atoms with van der Waals surface area (Å²) in [7, 11) is 3.27. The Morgan fingerprint density at radius 3 is 2.52 bits per heavy atom. The maximum absolute atomic E-state index is 5.40. The largest absolute Gasteiger partial charge is 0.493 e. The number of aromatic nitrogens is 2. The number of nitrogens with one attached hydrogen (secondary N) is 1. The number of ether oxygens (including phenoxy) is 3. The number of benzene rings is 1. The Bertz CT molecular complexity index is 579. The van der Waals surface area contributed by atoms with Crippen molar-refractivity contribution in [2.24, 2.45) is 0 Å². The summed E-state index contributed by atoms with van der Waals surface area (Å²) in [6.45, 7) is 5.60. The fourth-order valence-corrected chi connectivity index (χ4v) is 2.69. The molecule has 0 bridgehead atoms. The second kappa shape index (κ2) is 5.91. The zero-order valence-electron chi connectivity index (χ0n) is 12.7. The van der Waals surface area contributed by atoms with Crippen LogP contribution in [0.1, 0.15) is 18.8 Å². The van der Waals surface area contributed by atoms with E-state index in [4.69, 9.17) is 19.2 Å². The molecule has 0 aliphatic carbocycles. The second-order valence-electron chi connectivity index (χ2n) is 5.17. The zero-order chi connectivity index (χ0) is 14.8. The molecule has 0 amide bonds. The predicted molar refractivity (Wildman–Crippen MR) is 80.0 cm³/mol. The lowest BCUT2D eigenvalue weighted by molar-refractivity contribution is 0.0184. The lowest BCUT2D eigenvalue weighted by Gasteiger charge is -2.31. The van der Waals surface area contributed by atoms with Crippen molar-refractivity contribution >= 4 is 11.0 Å². The number of H-pyrrole nitrogens is 1. The van der Waals surface area contributed by atoms with Gasteiger partial charge in [-0.25, -0.2) is 4.98 Å². The van der Waals surface area contributed by atoms with E-state index in [1.54, 1.807) is 14.2 Å². The highest BCUT2D eigenvalue weighted by Gasteiger charge is 2.21. The summed E-state index contributed by atoms with van der Waals surface area (Å²) in [5.74, 6) is 2.36. The van der Waals surface area contributed by atoms with Gasteiger partial charge in [-0.15, -0.1) is 0 Å². The van der Waals surface area contributed by atoms with Crippen LogP contribution < -0.4 is 9.47 Å². The van der Waals surface area contributed by atoms with Crippen molar-refractivity contribution in [1.29, 1.82) is 0 Å². The molecule has 6 heteroatoms. The van der Waals surface area contributed by atoms with E-state index in [1.165, 1.54) is 0 Å². The third kappa shape index (κ3) is 2.69. The van der Waals surface area contributed by atoms with Crippen molar-refractivity contribution < 1.29 is 14.2 Å². The molecule has 1 unspecified atom stereocenters. The molecule has 0 radical (unpaired) electrons. The van der Waals surface area contributed by atoms with E-state index in [0.29, 0.717) is 11.5 Å². The van der Waals surface area contributed by atoms with Crippen LogP contribution in [0, 0.1) is 0 Å². The molecule has 21 heavy (non-hydrogen) atoms. The first-order chi connectivity index (χ1) is 10.2. The first-order valence-electron chi connectivity index (χ1n) is 7.16. The number of hydrogen-bond donors (Lipinski definition) is 1. The molecule has 1 aromatic carbocycles. The Kier molecular flexibility index (Phi) is 3.98. The molecule has 0 spiro atoms. The average molecular weight is 291 g/mol. The Hall–Kier alpha value is -1.79. The van der Waals surface area contributed by atoms with Gasteiger partial charge in [-0.05, 0) is 6.92 Å². The first kappa shape index (κ1) is 14.2. The topological polar surface area (TPSA) is 59.6 Å². The van der Waals surface area contributed by atoms with Gasteiger partial charge in [0.15, 0.2) is 11.5 Å². The van der Waals surface area contributed by atoms with Crippen LogP contribution in [0.2, 0.25) is 0 Å². The van der Waals surface area contributed by atoms with Crippen LogP contribution in [-0.4, -0.2) is 55.4 Å². The third-order valence-corrected chi connectivity index (χ3v) is 3.99. The van der Waals surface area contributed by atoms with Gasteiger partial charge < -0.3 is 19.2 Å².